The number of carbonyl (C=O) groups excluding carboxylic acids is 2. The topological polar surface area (TPSA) is 89.5 Å². The number of hydrogen-bond acceptors (Lipinski definition) is 5. The van der Waals surface area contributed by atoms with Crippen LogP contribution in [0, 0.1) is 5.92 Å². The molecule has 1 aromatic carbocycles. The molecule has 1 heterocycles. The Labute approximate surface area is 159 Å². The van der Waals surface area contributed by atoms with Gasteiger partial charge >= 0.3 is 0 Å². The first-order valence-electron chi connectivity index (χ1n) is 8.92. The van der Waals surface area contributed by atoms with Crippen molar-refractivity contribution in [2.24, 2.45) is 5.92 Å². The van der Waals surface area contributed by atoms with Gasteiger partial charge < -0.3 is 20.1 Å². The van der Waals surface area contributed by atoms with Crippen LogP contribution >= 0.6 is 0 Å². The molecule has 7 heteroatoms. The average Bonchev–Trinajstić information content (AvgIpc) is 2.65. The van der Waals surface area contributed by atoms with E-state index in [-0.39, 0.29) is 17.7 Å². The van der Waals surface area contributed by atoms with Gasteiger partial charge in [0, 0.05) is 36.0 Å². The van der Waals surface area contributed by atoms with Crippen LogP contribution < -0.4 is 20.1 Å². The van der Waals surface area contributed by atoms with Gasteiger partial charge in [-0.1, -0.05) is 13.8 Å². The number of hydrogen-bond donors (Lipinski definition) is 2. The van der Waals surface area contributed by atoms with E-state index in [1.165, 1.54) is 0 Å². The first-order valence-corrected chi connectivity index (χ1v) is 8.92. The van der Waals surface area contributed by atoms with Crippen molar-refractivity contribution in [3.8, 4) is 11.5 Å². The van der Waals surface area contributed by atoms with Crippen molar-refractivity contribution in [1.82, 2.24) is 4.98 Å². The Hall–Kier alpha value is -3.09. The van der Waals surface area contributed by atoms with Crippen molar-refractivity contribution in [3.05, 3.63) is 42.2 Å². The van der Waals surface area contributed by atoms with Crippen molar-refractivity contribution >= 4 is 23.2 Å². The molecule has 0 atom stereocenters. The van der Waals surface area contributed by atoms with Crippen LogP contribution in [0.5, 0.6) is 11.5 Å². The highest BCUT2D eigenvalue weighted by molar-refractivity contribution is 6.05. The van der Waals surface area contributed by atoms with Gasteiger partial charge in [0.15, 0.2) is 0 Å². The van der Waals surface area contributed by atoms with Crippen LogP contribution in [0.15, 0.2) is 36.7 Å². The minimum absolute atomic E-state index is 0.132. The number of benzene rings is 1. The summed E-state index contributed by atoms with van der Waals surface area (Å²) in [6.07, 6.45) is 3.10. The lowest BCUT2D eigenvalue weighted by atomic mass is 10.1. The van der Waals surface area contributed by atoms with Crippen LogP contribution in [0.25, 0.3) is 0 Å². The number of nitrogens with zero attached hydrogens (tertiary/aromatic N) is 1. The summed E-state index contributed by atoms with van der Waals surface area (Å²) in [6.45, 7) is 8.13. The van der Waals surface area contributed by atoms with Crippen LogP contribution in [-0.4, -0.2) is 30.0 Å². The van der Waals surface area contributed by atoms with Crippen LogP contribution in [0.3, 0.4) is 0 Å². The standard InChI is InChI=1S/C20H25N3O4/c1-5-26-17-12-16(23-20(25)14-7-9-21-10-8-14)18(27-6-2)11-15(17)22-19(24)13(3)4/h7-13H,5-6H2,1-4H3,(H,22,24)(H,23,25). The van der Waals surface area contributed by atoms with Gasteiger partial charge in [0.2, 0.25) is 5.91 Å². The maximum Gasteiger partial charge on any atom is 0.255 e. The summed E-state index contributed by atoms with van der Waals surface area (Å²) in [5.41, 5.74) is 1.44. The van der Waals surface area contributed by atoms with E-state index in [9.17, 15) is 9.59 Å². The predicted molar refractivity (Wildman–Crippen MR) is 104 cm³/mol. The second-order valence-electron chi connectivity index (χ2n) is 6.04. The summed E-state index contributed by atoms with van der Waals surface area (Å²) in [6, 6.07) is 6.56. The van der Waals surface area contributed by atoms with Gasteiger partial charge in [-0.05, 0) is 26.0 Å². The fourth-order valence-corrected chi connectivity index (χ4v) is 2.28. The molecule has 0 unspecified atom stereocenters. The van der Waals surface area contributed by atoms with Gasteiger partial charge in [0.25, 0.3) is 5.91 Å². The Bertz CT molecular complexity index is 791. The average molecular weight is 371 g/mol. The van der Waals surface area contributed by atoms with E-state index in [1.54, 1.807) is 36.7 Å². The number of pyridine rings is 1. The van der Waals surface area contributed by atoms with Gasteiger partial charge in [-0.25, -0.2) is 0 Å². The Kier molecular flexibility index (Phi) is 7.16. The van der Waals surface area contributed by atoms with Crippen LogP contribution in [0.2, 0.25) is 0 Å². The molecule has 27 heavy (non-hydrogen) atoms. The maximum absolute atomic E-state index is 12.5. The molecule has 144 valence electrons. The summed E-state index contributed by atoms with van der Waals surface area (Å²) in [4.78, 5) is 28.5. The highest BCUT2D eigenvalue weighted by Crippen LogP contribution is 2.37. The molecule has 0 aliphatic heterocycles. The zero-order valence-electron chi connectivity index (χ0n) is 16.0. The molecule has 0 aliphatic rings. The molecule has 0 saturated heterocycles. The highest BCUT2D eigenvalue weighted by Gasteiger charge is 2.17. The number of amides is 2. The molecule has 2 N–H and O–H groups in total. The second kappa shape index (κ2) is 9.56. The van der Waals surface area contributed by atoms with Crippen molar-refractivity contribution in [1.29, 1.82) is 0 Å². The van der Waals surface area contributed by atoms with Crippen molar-refractivity contribution < 1.29 is 19.1 Å². The van der Waals surface area contributed by atoms with E-state index in [0.29, 0.717) is 41.7 Å². The first-order chi connectivity index (χ1) is 13.0. The largest absolute Gasteiger partial charge is 0.492 e. The lowest BCUT2D eigenvalue weighted by Crippen LogP contribution is -2.19. The predicted octanol–water partition coefficient (Wildman–Crippen LogP) is 3.73. The number of anilines is 2. The third-order valence-electron chi connectivity index (χ3n) is 3.65. The fraction of sp³-hybridized carbons (Fsp3) is 0.350. The molecule has 0 saturated carbocycles. The molecule has 0 bridgehead atoms. The Morgan fingerprint density at radius 1 is 0.963 bits per heavy atom. The lowest BCUT2D eigenvalue weighted by molar-refractivity contribution is -0.118. The maximum atomic E-state index is 12.5. The van der Waals surface area contributed by atoms with Gasteiger partial charge in [-0.15, -0.1) is 0 Å². The molecule has 0 aliphatic carbocycles. The Balaban J connectivity index is 2.38. The zero-order valence-corrected chi connectivity index (χ0v) is 16.0. The molecule has 2 amide bonds. The summed E-state index contributed by atoms with van der Waals surface area (Å²) in [5, 5.41) is 5.67. The first kappa shape index (κ1) is 20.2. The summed E-state index contributed by atoms with van der Waals surface area (Å²) < 4.78 is 11.3. The number of ether oxygens (including phenoxy) is 2. The highest BCUT2D eigenvalue weighted by atomic mass is 16.5. The molecular formula is C20H25N3O4. The zero-order chi connectivity index (χ0) is 19.8. The van der Waals surface area contributed by atoms with Crippen LogP contribution in [-0.2, 0) is 4.79 Å². The molecule has 2 aromatic rings. The third kappa shape index (κ3) is 5.44. The molecule has 0 fully saturated rings. The molecule has 1 aromatic heterocycles. The van der Waals surface area contributed by atoms with Gasteiger partial charge in [0.1, 0.15) is 11.5 Å². The summed E-state index contributed by atoms with van der Waals surface area (Å²) in [5.74, 6) is 0.301. The van der Waals surface area contributed by atoms with E-state index in [0.717, 1.165) is 0 Å². The molecular weight excluding hydrogens is 346 g/mol. The molecule has 2 rings (SSSR count). The van der Waals surface area contributed by atoms with E-state index in [1.807, 2.05) is 27.7 Å². The SMILES string of the molecule is CCOc1cc(NC(=O)C(C)C)c(OCC)cc1NC(=O)c1ccncc1. The lowest BCUT2D eigenvalue weighted by Gasteiger charge is -2.18. The molecule has 0 spiro atoms. The molecule has 7 nitrogen and oxygen atoms in total. The van der Waals surface area contributed by atoms with Crippen LogP contribution in [0.1, 0.15) is 38.1 Å². The Morgan fingerprint density at radius 2 is 1.48 bits per heavy atom. The normalized spacial score (nSPS) is 10.4. The van der Waals surface area contributed by atoms with Gasteiger partial charge in [0.05, 0.1) is 24.6 Å². The Morgan fingerprint density at radius 3 is 1.96 bits per heavy atom. The number of carbonyl (C=O) groups is 2. The minimum atomic E-state index is -0.292. The number of nitrogens with one attached hydrogen (secondary N) is 2. The van der Waals surface area contributed by atoms with E-state index >= 15 is 0 Å². The van der Waals surface area contributed by atoms with Gasteiger partial charge in [-0.3, -0.25) is 14.6 Å². The minimum Gasteiger partial charge on any atom is -0.492 e. The van der Waals surface area contributed by atoms with E-state index in [4.69, 9.17) is 9.47 Å². The summed E-state index contributed by atoms with van der Waals surface area (Å²) in [7, 11) is 0. The number of aromatic nitrogens is 1. The third-order valence-corrected chi connectivity index (χ3v) is 3.65. The smallest absolute Gasteiger partial charge is 0.255 e. The van der Waals surface area contributed by atoms with E-state index < -0.39 is 0 Å². The second-order valence-corrected chi connectivity index (χ2v) is 6.04. The fourth-order valence-electron chi connectivity index (χ4n) is 2.28. The monoisotopic (exact) mass is 371 g/mol. The van der Waals surface area contributed by atoms with Crippen molar-refractivity contribution in [3.63, 3.8) is 0 Å². The van der Waals surface area contributed by atoms with Gasteiger partial charge in [-0.2, -0.15) is 0 Å². The summed E-state index contributed by atoms with van der Waals surface area (Å²) >= 11 is 0. The van der Waals surface area contributed by atoms with Crippen molar-refractivity contribution in [2.45, 2.75) is 27.7 Å². The van der Waals surface area contributed by atoms with Crippen molar-refractivity contribution in [2.75, 3.05) is 23.8 Å². The van der Waals surface area contributed by atoms with E-state index in [2.05, 4.69) is 15.6 Å². The molecule has 0 radical (unpaired) electrons. The quantitative estimate of drug-likeness (QED) is 0.738. The number of rotatable bonds is 8. The van der Waals surface area contributed by atoms with Crippen LogP contribution in [0.4, 0.5) is 11.4 Å².